The van der Waals surface area contributed by atoms with Gasteiger partial charge in [0.1, 0.15) is 12.2 Å². The van der Waals surface area contributed by atoms with Crippen LogP contribution in [0.3, 0.4) is 0 Å². The summed E-state index contributed by atoms with van der Waals surface area (Å²) in [4.78, 5) is 4.39. The van der Waals surface area contributed by atoms with Gasteiger partial charge in [-0.1, -0.05) is 0 Å². The predicted octanol–water partition coefficient (Wildman–Crippen LogP) is 1.95. The molecule has 2 unspecified atom stereocenters. The SMILES string of the molecule is CNC(CCC1CCCO1)Cc1ncnn1C(C)C. The fraction of sp³-hybridized carbons (Fsp3) is 0.857. The molecule has 1 aliphatic rings. The van der Waals surface area contributed by atoms with Crippen LogP contribution < -0.4 is 5.32 Å². The molecule has 2 rings (SSSR count). The van der Waals surface area contributed by atoms with Gasteiger partial charge in [-0.2, -0.15) is 5.10 Å². The van der Waals surface area contributed by atoms with E-state index in [2.05, 4.69) is 29.2 Å². The Hall–Kier alpha value is -0.940. The molecule has 0 amide bonds. The molecule has 1 aliphatic heterocycles. The predicted molar refractivity (Wildman–Crippen MR) is 75.2 cm³/mol. The third kappa shape index (κ3) is 4.01. The molecule has 19 heavy (non-hydrogen) atoms. The molecule has 1 aromatic rings. The van der Waals surface area contributed by atoms with Crippen LogP contribution in [0.15, 0.2) is 6.33 Å². The highest BCUT2D eigenvalue weighted by atomic mass is 16.5. The van der Waals surface area contributed by atoms with Crippen LogP contribution in [0, 0.1) is 0 Å². The summed E-state index contributed by atoms with van der Waals surface area (Å²) in [6, 6.07) is 0.819. The summed E-state index contributed by atoms with van der Waals surface area (Å²) in [6.45, 7) is 5.22. The Morgan fingerprint density at radius 1 is 1.53 bits per heavy atom. The second-order valence-corrected chi connectivity index (χ2v) is 5.62. The summed E-state index contributed by atoms with van der Waals surface area (Å²) >= 11 is 0. The Morgan fingerprint density at radius 3 is 3.00 bits per heavy atom. The maximum absolute atomic E-state index is 5.68. The van der Waals surface area contributed by atoms with Gasteiger partial charge in [0.25, 0.3) is 0 Å². The van der Waals surface area contributed by atoms with Crippen LogP contribution in [0.1, 0.15) is 51.4 Å². The molecule has 0 saturated carbocycles. The molecule has 1 N–H and O–H groups in total. The van der Waals surface area contributed by atoms with Gasteiger partial charge < -0.3 is 10.1 Å². The van der Waals surface area contributed by atoms with Gasteiger partial charge >= 0.3 is 0 Å². The zero-order valence-corrected chi connectivity index (χ0v) is 12.3. The van der Waals surface area contributed by atoms with Crippen molar-refractivity contribution in [3.8, 4) is 0 Å². The highest BCUT2D eigenvalue weighted by Crippen LogP contribution is 2.19. The van der Waals surface area contributed by atoms with Crippen molar-refractivity contribution in [2.24, 2.45) is 0 Å². The zero-order chi connectivity index (χ0) is 13.7. The number of hydrogen-bond acceptors (Lipinski definition) is 4. The van der Waals surface area contributed by atoms with Crippen molar-refractivity contribution in [3.63, 3.8) is 0 Å². The van der Waals surface area contributed by atoms with E-state index in [0.29, 0.717) is 18.2 Å². The normalized spacial score (nSPS) is 21.2. The monoisotopic (exact) mass is 266 g/mol. The van der Waals surface area contributed by atoms with Gasteiger partial charge in [0.05, 0.1) is 6.10 Å². The lowest BCUT2D eigenvalue weighted by molar-refractivity contribution is 0.0997. The van der Waals surface area contributed by atoms with Gasteiger partial charge in [-0.25, -0.2) is 9.67 Å². The Bertz CT molecular complexity index is 371. The number of rotatable bonds is 7. The van der Waals surface area contributed by atoms with Gasteiger partial charge in [0, 0.05) is 25.1 Å². The van der Waals surface area contributed by atoms with Crippen molar-refractivity contribution in [3.05, 3.63) is 12.2 Å². The fourth-order valence-electron chi connectivity index (χ4n) is 2.68. The Labute approximate surface area is 115 Å². The molecular formula is C14H26N4O. The van der Waals surface area contributed by atoms with Gasteiger partial charge in [-0.15, -0.1) is 0 Å². The topological polar surface area (TPSA) is 52.0 Å². The molecular weight excluding hydrogens is 240 g/mol. The van der Waals surface area contributed by atoms with E-state index in [1.165, 1.54) is 12.8 Å². The molecule has 2 heterocycles. The second kappa shape index (κ2) is 7.01. The standard InChI is InChI=1S/C14H26N4O/c1-11(2)18-14(16-10-17-18)9-12(15-3)6-7-13-5-4-8-19-13/h10-13,15H,4-9H2,1-3H3. The Kier molecular flexibility index (Phi) is 5.34. The minimum atomic E-state index is 0.369. The molecule has 5 nitrogen and oxygen atoms in total. The molecule has 0 spiro atoms. The smallest absolute Gasteiger partial charge is 0.138 e. The minimum absolute atomic E-state index is 0.369. The fourth-order valence-corrected chi connectivity index (χ4v) is 2.68. The summed E-state index contributed by atoms with van der Waals surface area (Å²) in [5.74, 6) is 1.07. The van der Waals surface area contributed by atoms with Gasteiger partial charge in [-0.3, -0.25) is 0 Å². The van der Waals surface area contributed by atoms with Crippen LogP contribution in [0.4, 0.5) is 0 Å². The summed E-state index contributed by atoms with van der Waals surface area (Å²) in [6.07, 6.45) is 7.77. The van der Waals surface area contributed by atoms with Crippen molar-refractivity contribution in [2.45, 2.75) is 64.1 Å². The largest absolute Gasteiger partial charge is 0.378 e. The summed E-state index contributed by atoms with van der Waals surface area (Å²) in [5.41, 5.74) is 0. The van der Waals surface area contributed by atoms with Crippen molar-refractivity contribution in [1.82, 2.24) is 20.1 Å². The van der Waals surface area contributed by atoms with E-state index in [4.69, 9.17) is 4.74 Å². The van der Waals surface area contributed by atoms with E-state index in [1.807, 2.05) is 11.7 Å². The van der Waals surface area contributed by atoms with Crippen LogP contribution in [0.2, 0.25) is 0 Å². The summed E-state index contributed by atoms with van der Waals surface area (Å²) in [7, 11) is 2.02. The molecule has 0 bridgehead atoms. The van der Waals surface area contributed by atoms with E-state index < -0.39 is 0 Å². The number of aromatic nitrogens is 3. The van der Waals surface area contributed by atoms with Gasteiger partial charge in [0.2, 0.25) is 0 Å². The third-order valence-corrected chi connectivity index (χ3v) is 3.83. The molecule has 1 saturated heterocycles. The maximum atomic E-state index is 5.68. The number of nitrogens with one attached hydrogen (secondary N) is 1. The van der Waals surface area contributed by atoms with E-state index in [0.717, 1.165) is 31.7 Å². The van der Waals surface area contributed by atoms with Crippen molar-refractivity contribution < 1.29 is 4.74 Å². The molecule has 2 atom stereocenters. The maximum Gasteiger partial charge on any atom is 0.138 e. The van der Waals surface area contributed by atoms with Crippen LogP contribution in [0.5, 0.6) is 0 Å². The Morgan fingerprint density at radius 2 is 2.37 bits per heavy atom. The number of ether oxygens (including phenoxy) is 1. The first-order valence-corrected chi connectivity index (χ1v) is 7.38. The van der Waals surface area contributed by atoms with Crippen LogP contribution in [0.25, 0.3) is 0 Å². The van der Waals surface area contributed by atoms with Crippen LogP contribution >= 0.6 is 0 Å². The van der Waals surface area contributed by atoms with E-state index in [-0.39, 0.29) is 0 Å². The van der Waals surface area contributed by atoms with E-state index in [9.17, 15) is 0 Å². The van der Waals surface area contributed by atoms with Crippen molar-refractivity contribution in [2.75, 3.05) is 13.7 Å². The van der Waals surface area contributed by atoms with E-state index in [1.54, 1.807) is 6.33 Å². The lowest BCUT2D eigenvalue weighted by Gasteiger charge is -2.19. The first-order chi connectivity index (χ1) is 9.20. The lowest BCUT2D eigenvalue weighted by Crippen LogP contribution is -2.30. The highest BCUT2D eigenvalue weighted by Gasteiger charge is 2.19. The molecule has 5 heteroatoms. The molecule has 108 valence electrons. The average Bonchev–Trinajstić information content (AvgIpc) is 3.05. The van der Waals surface area contributed by atoms with Gasteiger partial charge in [0.15, 0.2) is 0 Å². The highest BCUT2D eigenvalue weighted by molar-refractivity contribution is 4.91. The quantitative estimate of drug-likeness (QED) is 0.819. The van der Waals surface area contributed by atoms with Crippen molar-refractivity contribution in [1.29, 1.82) is 0 Å². The molecule has 0 aromatic carbocycles. The number of likely N-dealkylation sites (N-methyl/N-ethyl adjacent to an activating group) is 1. The van der Waals surface area contributed by atoms with Gasteiger partial charge in [-0.05, 0) is 46.6 Å². The van der Waals surface area contributed by atoms with E-state index >= 15 is 0 Å². The second-order valence-electron chi connectivity index (χ2n) is 5.62. The lowest BCUT2D eigenvalue weighted by atomic mass is 10.0. The Balaban J connectivity index is 1.85. The summed E-state index contributed by atoms with van der Waals surface area (Å²) in [5, 5.41) is 7.69. The number of hydrogen-bond donors (Lipinski definition) is 1. The molecule has 1 aromatic heterocycles. The third-order valence-electron chi connectivity index (χ3n) is 3.83. The minimum Gasteiger partial charge on any atom is -0.378 e. The summed E-state index contributed by atoms with van der Waals surface area (Å²) < 4.78 is 7.69. The van der Waals surface area contributed by atoms with Crippen LogP contribution in [-0.2, 0) is 11.2 Å². The first-order valence-electron chi connectivity index (χ1n) is 7.38. The zero-order valence-electron chi connectivity index (χ0n) is 12.3. The average molecular weight is 266 g/mol. The number of nitrogens with zero attached hydrogens (tertiary/aromatic N) is 3. The van der Waals surface area contributed by atoms with Crippen LogP contribution in [-0.4, -0.2) is 40.6 Å². The first kappa shape index (κ1) is 14.5. The molecule has 0 aliphatic carbocycles. The molecule has 0 radical (unpaired) electrons. The van der Waals surface area contributed by atoms with Crippen molar-refractivity contribution >= 4 is 0 Å². The molecule has 1 fully saturated rings.